The molecule has 2 saturated heterocycles. The number of nitrogens with zero attached hydrogens (tertiary/aromatic N) is 7. The number of thiophene rings is 1. The first-order valence-corrected chi connectivity index (χ1v) is 16.7. The summed E-state index contributed by atoms with van der Waals surface area (Å²) in [6.07, 6.45) is 7.16. The topological polar surface area (TPSA) is 141 Å². The lowest BCUT2D eigenvalue weighted by Gasteiger charge is -2.39. The van der Waals surface area contributed by atoms with Crippen molar-refractivity contribution in [3.63, 3.8) is 0 Å². The molecule has 5 atom stereocenters. The predicted molar refractivity (Wildman–Crippen MR) is 169 cm³/mol. The van der Waals surface area contributed by atoms with Crippen molar-refractivity contribution in [2.45, 2.75) is 88.0 Å². The Bertz CT molecular complexity index is 1590. The van der Waals surface area contributed by atoms with Crippen LogP contribution in [0.2, 0.25) is 0 Å². The number of nitrogen functional groups attached to an aromatic ring is 1. The van der Waals surface area contributed by atoms with Crippen LogP contribution in [0.1, 0.15) is 72.8 Å². The van der Waals surface area contributed by atoms with E-state index in [1.807, 2.05) is 20.2 Å². The number of hydrogen-bond acceptors (Lipinski definition) is 12. The summed E-state index contributed by atoms with van der Waals surface area (Å²) in [5, 5.41) is 26.1. The van der Waals surface area contributed by atoms with Gasteiger partial charge in [-0.2, -0.15) is 10.2 Å². The third-order valence-electron chi connectivity index (χ3n) is 10.4. The van der Waals surface area contributed by atoms with Crippen molar-refractivity contribution in [2.75, 3.05) is 51.4 Å². The Morgan fingerprint density at radius 2 is 2.02 bits per heavy atom. The normalized spacial score (nSPS) is 27.5. The van der Waals surface area contributed by atoms with Gasteiger partial charge in [0.1, 0.15) is 23.0 Å². The van der Waals surface area contributed by atoms with Crippen LogP contribution in [-0.4, -0.2) is 95.1 Å². The molecule has 3 N–H and O–H groups in total. The molecule has 3 aromatic heterocycles. The second-order valence-electron chi connectivity index (χ2n) is 13.3. The van der Waals surface area contributed by atoms with E-state index in [9.17, 15) is 10.4 Å². The number of aromatic nitrogens is 3. The van der Waals surface area contributed by atoms with Crippen LogP contribution in [0.15, 0.2) is 10.6 Å². The van der Waals surface area contributed by atoms with Gasteiger partial charge >= 0.3 is 0 Å². The minimum atomic E-state index is -0.494. The Morgan fingerprint density at radius 1 is 1.23 bits per heavy atom. The fourth-order valence-electron chi connectivity index (χ4n) is 8.22. The number of ether oxygens (including phenoxy) is 1. The van der Waals surface area contributed by atoms with E-state index in [0.717, 1.165) is 74.8 Å². The van der Waals surface area contributed by atoms with E-state index in [1.54, 1.807) is 11.3 Å². The quantitative estimate of drug-likeness (QED) is 0.419. The highest BCUT2D eigenvalue weighted by atomic mass is 32.1. The highest BCUT2D eigenvalue weighted by molar-refractivity contribution is 7.16. The first-order valence-electron chi connectivity index (χ1n) is 15.9. The molecule has 0 saturated carbocycles. The zero-order valence-electron chi connectivity index (χ0n) is 26.0. The zero-order valence-corrected chi connectivity index (χ0v) is 26.9. The van der Waals surface area contributed by atoms with E-state index < -0.39 is 11.5 Å². The Balaban J connectivity index is 1.31. The number of nitriles is 1. The molecule has 0 unspecified atom stereocenters. The summed E-state index contributed by atoms with van der Waals surface area (Å²) in [6.45, 7) is 4.29. The monoisotopic (exact) mass is 618 g/mol. The largest absolute Gasteiger partial charge is 0.473 e. The molecule has 44 heavy (non-hydrogen) atoms. The summed E-state index contributed by atoms with van der Waals surface area (Å²) in [5.74, 6) is 2.51. The van der Waals surface area contributed by atoms with Gasteiger partial charge in [0.2, 0.25) is 5.88 Å². The number of rotatable bonds is 6. The third-order valence-corrected chi connectivity index (χ3v) is 11.5. The van der Waals surface area contributed by atoms with Crippen molar-refractivity contribution >= 4 is 22.2 Å². The molecular formula is C32H42N8O3S. The fraction of sp³-hybridized carbons (Fsp3) is 0.625. The van der Waals surface area contributed by atoms with E-state index in [-0.39, 0.29) is 12.1 Å². The molecule has 2 aliphatic carbocycles. The Labute approximate surface area is 262 Å². The minimum absolute atomic E-state index is 0.00334. The van der Waals surface area contributed by atoms with E-state index in [4.69, 9.17) is 25.0 Å². The number of likely N-dealkylation sites (tertiary alicyclic amines) is 1. The van der Waals surface area contributed by atoms with Gasteiger partial charge in [0, 0.05) is 35.6 Å². The molecule has 234 valence electrons. The minimum Gasteiger partial charge on any atom is -0.473 e. The maximum atomic E-state index is 10.8. The summed E-state index contributed by atoms with van der Waals surface area (Å²) in [6, 6.07) is 4.61. The summed E-state index contributed by atoms with van der Waals surface area (Å²) in [5.41, 5.74) is 9.22. The van der Waals surface area contributed by atoms with Crippen LogP contribution >= 0.6 is 11.3 Å². The van der Waals surface area contributed by atoms with Crippen LogP contribution in [0.3, 0.4) is 0 Å². The molecule has 11 nitrogen and oxygen atoms in total. The lowest BCUT2D eigenvalue weighted by Crippen LogP contribution is -2.38. The lowest BCUT2D eigenvalue weighted by molar-refractivity contribution is 0.114. The number of aliphatic hydroxyl groups is 1. The predicted octanol–water partition coefficient (Wildman–Crippen LogP) is 3.58. The average molecular weight is 619 g/mol. The van der Waals surface area contributed by atoms with E-state index in [2.05, 4.69) is 39.9 Å². The Morgan fingerprint density at radius 3 is 2.73 bits per heavy atom. The summed E-state index contributed by atoms with van der Waals surface area (Å²) in [7, 11) is 6.13. The molecular weight excluding hydrogens is 576 g/mol. The van der Waals surface area contributed by atoms with Gasteiger partial charge in [-0.15, -0.1) is 11.3 Å². The Hall–Kier alpha value is -3.24. The van der Waals surface area contributed by atoms with Crippen molar-refractivity contribution in [1.82, 2.24) is 24.9 Å². The van der Waals surface area contributed by atoms with Crippen molar-refractivity contribution in [2.24, 2.45) is 0 Å². The second-order valence-corrected chi connectivity index (χ2v) is 14.4. The smallest absolute Gasteiger partial charge is 0.219 e. The van der Waals surface area contributed by atoms with Crippen LogP contribution in [0.4, 0.5) is 10.8 Å². The number of fused-ring (bicyclic) bond motifs is 4. The van der Waals surface area contributed by atoms with Gasteiger partial charge < -0.3 is 29.9 Å². The molecule has 1 spiro atoms. The summed E-state index contributed by atoms with van der Waals surface area (Å²) < 4.78 is 12.8. The van der Waals surface area contributed by atoms with Gasteiger partial charge in [0.15, 0.2) is 17.3 Å². The maximum Gasteiger partial charge on any atom is 0.219 e. The summed E-state index contributed by atoms with van der Waals surface area (Å²) >= 11 is 1.54. The molecule has 3 aromatic rings. The first-order chi connectivity index (χ1) is 21.2. The molecule has 0 aromatic carbocycles. The number of likely N-dealkylation sites (N-methyl/N-ethyl adjacent to an activating group) is 2. The van der Waals surface area contributed by atoms with Crippen LogP contribution in [0, 0.1) is 11.3 Å². The highest BCUT2D eigenvalue weighted by Crippen LogP contribution is 2.55. The number of hydrogen-bond donors (Lipinski definition) is 2. The van der Waals surface area contributed by atoms with Gasteiger partial charge in [0.25, 0.3) is 0 Å². The van der Waals surface area contributed by atoms with Gasteiger partial charge in [0.05, 0.1) is 23.1 Å². The lowest BCUT2D eigenvalue weighted by atomic mass is 9.63. The van der Waals surface area contributed by atoms with Crippen LogP contribution in [-0.2, 0) is 18.3 Å². The number of aryl methyl sites for hydroxylation is 1. The van der Waals surface area contributed by atoms with E-state index >= 15 is 0 Å². The standard InChI is InChI=1S/C32H42N8O3S/c1-18(21-9-7-13-39(21)4)42-26-14-25(40-16-22(38(2)3)23(41)17-40)35-31(36-26)28-19-8-5-11-32(29(19)43-37-28)12-6-10-24-27(32)20(15-33)30(34)44-24/h14,18,21-23,41H,5-13,16-17,34H2,1-4H3/t18-,21-,22+,23-,32-/m0/s1. The van der Waals surface area contributed by atoms with Crippen LogP contribution < -0.4 is 15.4 Å². The van der Waals surface area contributed by atoms with Crippen molar-refractivity contribution < 1.29 is 14.4 Å². The molecule has 12 heteroatoms. The molecule has 4 aliphatic rings. The number of nitrogens with two attached hydrogens (primary N) is 1. The molecule has 2 aliphatic heterocycles. The van der Waals surface area contributed by atoms with E-state index in [0.29, 0.717) is 52.9 Å². The highest BCUT2D eigenvalue weighted by Gasteiger charge is 2.49. The molecule has 5 heterocycles. The van der Waals surface area contributed by atoms with Crippen molar-refractivity contribution in [1.29, 1.82) is 5.26 Å². The first kappa shape index (κ1) is 29.5. The van der Waals surface area contributed by atoms with E-state index in [1.165, 1.54) is 4.88 Å². The SMILES string of the molecule is C[C@H](Oc1cc(N2C[C@@H](N(C)C)[C@@H](O)C2)nc(-c2noc3c2CCC[C@@]32CCCc3sc(N)c(C#N)c32)n1)[C@@H]1CCCN1C. The fourth-order valence-corrected chi connectivity index (χ4v) is 9.38. The maximum absolute atomic E-state index is 10.8. The van der Waals surface area contributed by atoms with Crippen molar-refractivity contribution in [3.05, 3.63) is 33.4 Å². The van der Waals surface area contributed by atoms with Gasteiger partial charge in [-0.3, -0.25) is 4.90 Å². The molecule has 7 rings (SSSR count). The molecule has 0 radical (unpaired) electrons. The molecule has 0 bridgehead atoms. The molecule has 0 amide bonds. The third kappa shape index (κ3) is 4.76. The van der Waals surface area contributed by atoms with Gasteiger partial charge in [-0.05, 0) is 91.5 Å². The number of anilines is 2. The number of aliphatic hydroxyl groups excluding tert-OH is 1. The zero-order chi connectivity index (χ0) is 30.7. The van der Waals surface area contributed by atoms with Gasteiger partial charge in [-0.25, -0.2) is 4.98 Å². The summed E-state index contributed by atoms with van der Waals surface area (Å²) in [4.78, 5) is 17.7. The van der Waals surface area contributed by atoms with Crippen molar-refractivity contribution in [3.8, 4) is 23.5 Å². The molecule has 2 fully saturated rings. The average Bonchev–Trinajstić information content (AvgIpc) is 3.78. The van der Waals surface area contributed by atoms with Crippen LogP contribution in [0.25, 0.3) is 11.5 Å². The van der Waals surface area contributed by atoms with Gasteiger partial charge in [-0.1, -0.05) is 5.16 Å². The second kappa shape index (κ2) is 11.3. The number of β-amino-alcohol motifs (C(OH)–C–C–N with tert-alkyl or cyclic N) is 1. The van der Waals surface area contributed by atoms with Crippen LogP contribution in [0.5, 0.6) is 5.88 Å². The Kier molecular flexibility index (Phi) is 7.56.